The number of aliphatic hydroxyl groups excluding tert-OH is 1. The Kier molecular flexibility index (Phi) is 4.57. The molecular weight excluding hydrogens is 341 g/mol. The number of aryl methyl sites for hydroxylation is 1. The first kappa shape index (κ1) is 18.9. The van der Waals surface area contributed by atoms with Crippen LogP contribution in [-0.4, -0.2) is 55.3 Å². The highest BCUT2D eigenvalue weighted by atomic mass is 32.2. The van der Waals surface area contributed by atoms with Crippen molar-refractivity contribution in [3.63, 3.8) is 0 Å². The number of hydrogen-bond donors (Lipinski definition) is 1. The molecular formula is C17H26BNO5S. The van der Waals surface area contributed by atoms with Gasteiger partial charge in [-0.1, -0.05) is 11.6 Å². The van der Waals surface area contributed by atoms with Crippen LogP contribution in [0.4, 0.5) is 0 Å². The average molecular weight is 367 g/mol. The Balaban J connectivity index is 1.95. The summed E-state index contributed by atoms with van der Waals surface area (Å²) in [5.74, 6) is 0. The predicted molar refractivity (Wildman–Crippen MR) is 96.3 cm³/mol. The van der Waals surface area contributed by atoms with E-state index in [1.807, 2.05) is 34.6 Å². The van der Waals surface area contributed by atoms with Crippen molar-refractivity contribution in [1.29, 1.82) is 0 Å². The van der Waals surface area contributed by atoms with Gasteiger partial charge in [0.1, 0.15) is 0 Å². The van der Waals surface area contributed by atoms with Gasteiger partial charge in [-0.3, -0.25) is 0 Å². The van der Waals surface area contributed by atoms with Gasteiger partial charge in [0.2, 0.25) is 10.0 Å². The molecule has 0 aromatic heterocycles. The lowest BCUT2D eigenvalue weighted by Crippen LogP contribution is -2.41. The monoisotopic (exact) mass is 367 g/mol. The maximum absolute atomic E-state index is 12.8. The smallest absolute Gasteiger partial charge is 0.399 e. The second-order valence-electron chi connectivity index (χ2n) is 7.91. The minimum absolute atomic E-state index is 0.141. The molecule has 2 saturated heterocycles. The molecule has 0 spiro atoms. The van der Waals surface area contributed by atoms with Crippen molar-refractivity contribution in [2.24, 2.45) is 0 Å². The van der Waals surface area contributed by atoms with E-state index in [-0.39, 0.29) is 11.4 Å². The van der Waals surface area contributed by atoms with E-state index >= 15 is 0 Å². The lowest BCUT2D eigenvalue weighted by Gasteiger charge is -2.32. The zero-order chi connectivity index (χ0) is 18.6. The quantitative estimate of drug-likeness (QED) is 0.809. The van der Waals surface area contributed by atoms with Gasteiger partial charge in [0, 0.05) is 13.1 Å². The van der Waals surface area contributed by atoms with Crippen molar-refractivity contribution in [3.8, 4) is 0 Å². The molecule has 0 saturated carbocycles. The van der Waals surface area contributed by atoms with Crippen molar-refractivity contribution in [2.75, 3.05) is 13.1 Å². The minimum atomic E-state index is -3.64. The molecule has 3 rings (SSSR count). The SMILES string of the molecule is Cc1ccc(S(=O)(=O)N2CC[C@H](O)C2)cc1B1OC(C)(C)C(C)(C)O1. The molecule has 25 heavy (non-hydrogen) atoms. The zero-order valence-corrected chi connectivity index (χ0v) is 16.3. The maximum atomic E-state index is 12.8. The molecule has 0 amide bonds. The summed E-state index contributed by atoms with van der Waals surface area (Å²) in [6.45, 7) is 10.3. The number of benzene rings is 1. The normalized spacial score (nSPS) is 26.3. The second-order valence-corrected chi connectivity index (χ2v) is 9.85. The van der Waals surface area contributed by atoms with Crippen molar-refractivity contribution in [2.45, 2.75) is 63.2 Å². The first-order chi connectivity index (χ1) is 11.4. The number of hydrogen-bond acceptors (Lipinski definition) is 5. The van der Waals surface area contributed by atoms with Crippen molar-refractivity contribution >= 4 is 22.6 Å². The van der Waals surface area contributed by atoms with Crippen LogP contribution in [0.5, 0.6) is 0 Å². The van der Waals surface area contributed by atoms with E-state index in [0.29, 0.717) is 13.0 Å². The van der Waals surface area contributed by atoms with E-state index in [0.717, 1.165) is 11.0 Å². The second kappa shape index (κ2) is 6.06. The first-order valence-electron chi connectivity index (χ1n) is 8.58. The van der Waals surface area contributed by atoms with Crippen LogP contribution >= 0.6 is 0 Å². The number of rotatable bonds is 3. The predicted octanol–water partition coefficient (Wildman–Crippen LogP) is 1.05. The first-order valence-corrected chi connectivity index (χ1v) is 10.0. The molecule has 8 heteroatoms. The summed E-state index contributed by atoms with van der Waals surface area (Å²) in [4.78, 5) is 0.205. The molecule has 1 N–H and O–H groups in total. The van der Waals surface area contributed by atoms with E-state index < -0.39 is 34.4 Å². The molecule has 0 aliphatic carbocycles. The van der Waals surface area contributed by atoms with Crippen LogP contribution in [0.25, 0.3) is 0 Å². The standard InChI is InChI=1S/C17H26BNO5S/c1-12-6-7-14(25(21,22)19-9-8-13(20)11-19)10-15(12)18-23-16(2,3)17(4,5)24-18/h6-7,10,13,20H,8-9,11H2,1-5H3/t13-/m0/s1. The van der Waals surface area contributed by atoms with E-state index in [2.05, 4.69) is 0 Å². The molecule has 1 atom stereocenters. The molecule has 0 radical (unpaired) electrons. The molecule has 1 aromatic carbocycles. The number of nitrogens with zero attached hydrogens (tertiary/aromatic N) is 1. The third kappa shape index (κ3) is 3.26. The van der Waals surface area contributed by atoms with Crippen molar-refractivity contribution < 1.29 is 22.8 Å². The molecule has 0 unspecified atom stereocenters. The van der Waals surface area contributed by atoms with Crippen molar-refractivity contribution in [3.05, 3.63) is 23.8 Å². The molecule has 138 valence electrons. The fourth-order valence-electron chi connectivity index (χ4n) is 3.08. The van der Waals surface area contributed by atoms with Crippen molar-refractivity contribution in [1.82, 2.24) is 4.31 Å². The van der Waals surface area contributed by atoms with Crippen LogP contribution in [0.15, 0.2) is 23.1 Å². The summed E-state index contributed by atoms with van der Waals surface area (Å²) in [5.41, 5.74) is 0.661. The van der Waals surface area contributed by atoms with Crippen LogP contribution in [0.1, 0.15) is 39.7 Å². The topological polar surface area (TPSA) is 76.1 Å². The Morgan fingerprint density at radius 3 is 2.32 bits per heavy atom. The van der Waals surface area contributed by atoms with Gasteiger partial charge in [-0.2, -0.15) is 4.31 Å². The fraction of sp³-hybridized carbons (Fsp3) is 0.647. The lowest BCUT2D eigenvalue weighted by atomic mass is 9.76. The van der Waals surface area contributed by atoms with Crippen LogP contribution in [0, 0.1) is 6.92 Å². The third-order valence-electron chi connectivity index (χ3n) is 5.52. The molecule has 2 heterocycles. The van der Waals surface area contributed by atoms with Gasteiger partial charge in [-0.25, -0.2) is 8.42 Å². The summed E-state index contributed by atoms with van der Waals surface area (Å²) in [6, 6.07) is 5.02. The largest absolute Gasteiger partial charge is 0.495 e. The number of sulfonamides is 1. The molecule has 2 aliphatic heterocycles. The molecule has 2 fully saturated rings. The van der Waals surface area contributed by atoms with Gasteiger partial charge in [-0.05, 0) is 58.6 Å². The highest BCUT2D eigenvalue weighted by molar-refractivity contribution is 7.89. The lowest BCUT2D eigenvalue weighted by molar-refractivity contribution is 0.00578. The summed E-state index contributed by atoms with van der Waals surface area (Å²) < 4.78 is 39.2. The minimum Gasteiger partial charge on any atom is -0.399 e. The Hall–Kier alpha value is -0.925. The number of aliphatic hydroxyl groups is 1. The van der Waals surface area contributed by atoms with Gasteiger partial charge in [-0.15, -0.1) is 0 Å². The summed E-state index contributed by atoms with van der Waals surface area (Å²) in [5, 5.41) is 9.65. The molecule has 6 nitrogen and oxygen atoms in total. The number of β-amino-alcohol motifs (C(OH)–C–C–N with tert-alkyl or cyclic N) is 1. The van der Waals surface area contributed by atoms with Gasteiger partial charge in [0.05, 0.1) is 22.2 Å². The van der Waals surface area contributed by atoms with Crippen LogP contribution in [0.3, 0.4) is 0 Å². The highest BCUT2D eigenvalue weighted by Crippen LogP contribution is 2.37. The maximum Gasteiger partial charge on any atom is 0.495 e. The zero-order valence-electron chi connectivity index (χ0n) is 15.4. The summed E-state index contributed by atoms with van der Waals surface area (Å²) >= 11 is 0. The van der Waals surface area contributed by atoms with E-state index in [4.69, 9.17) is 9.31 Å². The molecule has 2 aliphatic rings. The Morgan fingerprint density at radius 2 is 1.80 bits per heavy atom. The molecule has 0 bridgehead atoms. The van der Waals surface area contributed by atoms with Gasteiger partial charge in [0.15, 0.2) is 0 Å². The summed E-state index contributed by atoms with van der Waals surface area (Å²) in [7, 11) is -4.24. The molecule has 1 aromatic rings. The van der Waals surface area contributed by atoms with Crippen LogP contribution in [-0.2, 0) is 19.3 Å². The Bertz CT molecular complexity index is 761. The fourth-order valence-corrected chi connectivity index (χ4v) is 4.61. The van der Waals surface area contributed by atoms with Gasteiger partial charge < -0.3 is 14.4 Å². The van der Waals surface area contributed by atoms with Gasteiger partial charge >= 0.3 is 7.12 Å². The van der Waals surface area contributed by atoms with E-state index in [1.54, 1.807) is 18.2 Å². The average Bonchev–Trinajstić information content (AvgIpc) is 3.01. The Morgan fingerprint density at radius 1 is 1.20 bits per heavy atom. The highest BCUT2D eigenvalue weighted by Gasteiger charge is 2.52. The van der Waals surface area contributed by atoms with Gasteiger partial charge in [0.25, 0.3) is 0 Å². The van der Waals surface area contributed by atoms with Crippen LogP contribution < -0.4 is 5.46 Å². The third-order valence-corrected chi connectivity index (χ3v) is 7.38. The Labute approximate surface area is 150 Å². The van der Waals surface area contributed by atoms with Crippen LogP contribution in [0.2, 0.25) is 0 Å². The van der Waals surface area contributed by atoms with E-state index in [1.165, 1.54) is 4.31 Å². The summed E-state index contributed by atoms with van der Waals surface area (Å²) in [6.07, 6.45) is -0.127. The van der Waals surface area contributed by atoms with E-state index in [9.17, 15) is 13.5 Å².